The van der Waals surface area contributed by atoms with Crippen LogP contribution in [0.5, 0.6) is 0 Å². The molecule has 1 amide bonds. The van der Waals surface area contributed by atoms with Gasteiger partial charge in [0, 0.05) is 12.3 Å². The molecular weight excluding hydrogens is 484 g/mol. The summed E-state index contributed by atoms with van der Waals surface area (Å²) in [5.74, 6) is -0.399. The van der Waals surface area contributed by atoms with Crippen molar-refractivity contribution in [1.82, 2.24) is 15.6 Å². The first kappa shape index (κ1) is 24.2. The number of amides is 1. The summed E-state index contributed by atoms with van der Waals surface area (Å²) >= 11 is 22.7. The van der Waals surface area contributed by atoms with Gasteiger partial charge in [0.2, 0.25) is 9.70 Å². The lowest BCUT2D eigenvalue weighted by molar-refractivity contribution is -0.137. The highest BCUT2D eigenvalue weighted by Gasteiger charge is 2.35. The number of rotatable bonds is 5. The summed E-state index contributed by atoms with van der Waals surface area (Å²) < 4.78 is 37.1. The Balaban J connectivity index is 2.07. The topological polar surface area (TPSA) is 66.1 Å². The lowest BCUT2D eigenvalue weighted by Gasteiger charge is -2.27. The fourth-order valence-electron chi connectivity index (χ4n) is 2.18. The smallest absolute Gasteiger partial charge is 0.339 e. The number of aromatic nitrogens is 1. The Morgan fingerprint density at radius 3 is 2.33 bits per heavy atom. The minimum Gasteiger partial charge on any atom is -0.339 e. The number of carbonyl (C=O) groups is 1. The summed E-state index contributed by atoms with van der Waals surface area (Å²) in [6, 6.07) is 9.86. The van der Waals surface area contributed by atoms with Gasteiger partial charge in [0.05, 0.1) is 5.56 Å². The van der Waals surface area contributed by atoms with Crippen molar-refractivity contribution in [2.24, 2.45) is 0 Å². The summed E-state index contributed by atoms with van der Waals surface area (Å²) in [5.41, 5.74) is -1.07. The van der Waals surface area contributed by atoms with E-state index in [1.54, 1.807) is 18.2 Å². The molecule has 0 radical (unpaired) electrons. The standard InChI is InChI=1S/C18H14Cl3F3N4OS/c19-17(20,21)15(28-16(30)26-13-7-3-4-10-25-13)27-14(29)9-8-11-5-1-2-6-12(11)18(22,23)24/h1-10,15H,(H,27,29)(H2,25,26,28,30)/b9-8+. The number of pyridine rings is 1. The molecule has 12 heteroatoms. The molecule has 2 aromatic rings. The third kappa shape index (κ3) is 7.64. The van der Waals surface area contributed by atoms with Crippen LogP contribution in [0.3, 0.4) is 0 Å². The zero-order chi connectivity index (χ0) is 22.4. The predicted octanol–water partition coefficient (Wildman–Crippen LogP) is 4.91. The number of nitrogens with zero attached hydrogens (tertiary/aromatic N) is 1. The van der Waals surface area contributed by atoms with Crippen molar-refractivity contribution in [2.75, 3.05) is 5.32 Å². The molecule has 0 aliphatic carbocycles. The highest BCUT2D eigenvalue weighted by molar-refractivity contribution is 7.80. The number of thiocarbonyl (C=S) groups is 1. The first-order chi connectivity index (χ1) is 14.0. The number of halogens is 6. The fourth-order valence-corrected chi connectivity index (χ4v) is 2.73. The number of carbonyl (C=O) groups excluding carboxylic acids is 1. The SMILES string of the molecule is O=C(/C=C/c1ccccc1C(F)(F)F)NC(NC(=S)Nc1ccccn1)C(Cl)(Cl)Cl. The Kier molecular flexibility index (Phi) is 8.31. The largest absolute Gasteiger partial charge is 0.416 e. The second-order valence-electron chi connectivity index (χ2n) is 5.71. The molecule has 0 spiro atoms. The third-order valence-corrected chi connectivity index (χ3v) is 4.35. The van der Waals surface area contributed by atoms with E-state index in [1.807, 2.05) is 0 Å². The molecule has 0 aliphatic rings. The van der Waals surface area contributed by atoms with Crippen LogP contribution >= 0.6 is 47.0 Å². The number of benzene rings is 1. The van der Waals surface area contributed by atoms with Crippen LogP contribution in [0.2, 0.25) is 0 Å². The molecule has 3 N–H and O–H groups in total. The van der Waals surface area contributed by atoms with Gasteiger partial charge in [0.25, 0.3) is 0 Å². The van der Waals surface area contributed by atoms with E-state index < -0.39 is 27.6 Å². The molecule has 0 aliphatic heterocycles. The summed E-state index contributed by atoms with van der Waals surface area (Å²) in [5, 5.41) is 7.68. The first-order valence-corrected chi connectivity index (χ1v) is 9.71. The van der Waals surface area contributed by atoms with E-state index >= 15 is 0 Å². The van der Waals surface area contributed by atoms with Gasteiger partial charge < -0.3 is 16.0 Å². The van der Waals surface area contributed by atoms with E-state index in [4.69, 9.17) is 47.0 Å². The second-order valence-corrected chi connectivity index (χ2v) is 8.49. The molecular formula is C18H14Cl3F3N4OS. The summed E-state index contributed by atoms with van der Waals surface area (Å²) in [7, 11) is 0. The van der Waals surface area contributed by atoms with Gasteiger partial charge in [0.1, 0.15) is 12.0 Å². The minimum absolute atomic E-state index is 0.00304. The van der Waals surface area contributed by atoms with Crippen LogP contribution in [-0.2, 0) is 11.0 Å². The van der Waals surface area contributed by atoms with Gasteiger partial charge in [-0.3, -0.25) is 4.79 Å². The van der Waals surface area contributed by atoms with Gasteiger partial charge in [-0.05, 0) is 42.1 Å². The molecule has 30 heavy (non-hydrogen) atoms. The van der Waals surface area contributed by atoms with Crippen LogP contribution in [0.25, 0.3) is 6.08 Å². The quantitative estimate of drug-likeness (QED) is 0.237. The Bertz CT molecular complexity index is 921. The number of hydrogen-bond acceptors (Lipinski definition) is 3. The van der Waals surface area contributed by atoms with E-state index in [0.29, 0.717) is 5.82 Å². The molecule has 1 heterocycles. The van der Waals surface area contributed by atoms with Gasteiger partial charge in [-0.1, -0.05) is 59.1 Å². The molecule has 1 aromatic heterocycles. The van der Waals surface area contributed by atoms with Crippen molar-refractivity contribution in [1.29, 1.82) is 0 Å². The van der Waals surface area contributed by atoms with Gasteiger partial charge in [-0.25, -0.2) is 4.98 Å². The van der Waals surface area contributed by atoms with Crippen LogP contribution in [0.1, 0.15) is 11.1 Å². The van der Waals surface area contributed by atoms with Crippen LogP contribution in [0.4, 0.5) is 19.0 Å². The van der Waals surface area contributed by atoms with E-state index in [0.717, 1.165) is 18.2 Å². The molecule has 0 fully saturated rings. The molecule has 5 nitrogen and oxygen atoms in total. The van der Waals surface area contributed by atoms with Gasteiger partial charge in [-0.15, -0.1) is 0 Å². The van der Waals surface area contributed by atoms with Gasteiger partial charge >= 0.3 is 6.18 Å². The Labute approximate surface area is 190 Å². The van der Waals surface area contributed by atoms with Crippen LogP contribution in [0, 0.1) is 0 Å². The van der Waals surface area contributed by atoms with Crippen LogP contribution < -0.4 is 16.0 Å². The van der Waals surface area contributed by atoms with Crippen molar-refractivity contribution in [2.45, 2.75) is 16.1 Å². The Morgan fingerprint density at radius 2 is 1.73 bits per heavy atom. The highest BCUT2D eigenvalue weighted by atomic mass is 35.6. The van der Waals surface area contributed by atoms with Crippen molar-refractivity contribution in [3.63, 3.8) is 0 Å². The second kappa shape index (κ2) is 10.3. The van der Waals surface area contributed by atoms with Gasteiger partial charge in [-0.2, -0.15) is 13.2 Å². The zero-order valence-electron chi connectivity index (χ0n) is 14.9. The average Bonchev–Trinajstić information content (AvgIpc) is 2.65. The average molecular weight is 498 g/mol. The van der Waals surface area contributed by atoms with Crippen LogP contribution in [-0.4, -0.2) is 26.0 Å². The maximum atomic E-state index is 13.0. The third-order valence-electron chi connectivity index (χ3n) is 3.48. The maximum Gasteiger partial charge on any atom is 0.416 e. The van der Waals surface area contributed by atoms with Crippen LogP contribution in [0.15, 0.2) is 54.7 Å². The highest BCUT2D eigenvalue weighted by Crippen LogP contribution is 2.32. The van der Waals surface area contributed by atoms with Gasteiger partial charge in [0.15, 0.2) is 5.11 Å². The Hall–Kier alpha value is -2.07. The molecule has 1 unspecified atom stereocenters. The Morgan fingerprint density at radius 1 is 1.07 bits per heavy atom. The molecule has 2 rings (SSSR count). The van der Waals surface area contributed by atoms with Crippen molar-refractivity contribution < 1.29 is 18.0 Å². The maximum absolute atomic E-state index is 13.0. The van der Waals surface area contributed by atoms with E-state index in [-0.39, 0.29) is 10.7 Å². The number of hydrogen-bond donors (Lipinski definition) is 3. The normalized spacial score (nSPS) is 13.0. The first-order valence-electron chi connectivity index (χ1n) is 8.17. The molecule has 0 saturated heterocycles. The molecule has 1 aromatic carbocycles. The fraction of sp³-hybridized carbons (Fsp3) is 0.167. The lowest BCUT2D eigenvalue weighted by atomic mass is 10.1. The molecule has 160 valence electrons. The molecule has 0 saturated carbocycles. The predicted molar refractivity (Wildman–Crippen MR) is 116 cm³/mol. The molecule has 1 atom stereocenters. The monoisotopic (exact) mass is 496 g/mol. The van der Waals surface area contributed by atoms with Crippen molar-refractivity contribution in [3.8, 4) is 0 Å². The zero-order valence-corrected chi connectivity index (χ0v) is 18.0. The van der Waals surface area contributed by atoms with E-state index in [1.165, 1.54) is 24.4 Å². The lowest BCUT2D eigenvalue weighted by Crippen LogP contribution is -2.55. The number of alkyl halides is 6. The summed E-state index contributed by atoms with van der Waals surface area (Å²) in [4.78, 5) is 16.2. The number of anilines is 1. The van der Waals surface area contributed by atoms with E-state index in [2.05, 4.69) is 20.9 Å². The van der Waals surface area contributed by atoms with Crippen molar-refractivity contribution in [3.05, 3.63) is 65.9 Å². The summed E-state index contributed by atoms with van der Waals surface area (Å²) in [6.07, 6.45) is -2.42. The van der Waals surface area contributed by atoms with E-state index in [9.17, 15) is 18.0 Å². The molecule has 0 bridgehead atoms. The minimum atomic E-state index is -4.57. The van der Waals surface area contributed by atoms with Crippen molar-refractivity contribution >= 4 is 69.9 Å². The summed E-state index contributed by atoms with van der Waals surface area (Å²) in [6.45, 7) is 0. The number of nitrogens with one attached hydrogen (secondary N) is 3.